The lowest BCUT2D eigenvalue weighted by molar-refractivity contribution is -0.122. The van der Waals surface area contributed by atoms with Crippen LogP contribution >= 0.6 is 0 Å². The van der Waals surface area contributed by atoms with Gasteiger partial charge in [-0.1, -0.05) is 32.0 Å². The first-order valence-electron chi connectivity index (χ1n) is 9.96. The van der Waals surface area contributed by atoms with Gasteiger partial charge in [-0.15, -0.1) is 0 Å². The van der Waals surface area contributed by atoms with Crippen molar-refractivity contribution < 1.29 is 19.1 Å². The van der Waals surface area contributed by atoms with Gasteiger partial charge in [-0.3, -0.25) is 9.59 Å². The van der Waals surface area contributed by atoms with Crippen molar-refractivity contribution >= 4 is 23.2 Å². The highest BCUT2D eigenvalue weighted by Gasteiger charge is 2.36. The highest BCUT2D eigenvalue weighted by atomic mass is 16.5. The Morgan fingerprint density at radius 3 is 2.38 bits per heavy atom. The number of amides is 2. The van der Waals surface area contributed by atoms with Gasteiger partial charge in [-0.05, 0) is 36.1 Å². The van der Waals surface area contributed by atoms with E-state index in [1.807, 2.05) is 18.2 Å². The van der Waals surface area contributed by atoms with Crippen LogP contribution in [0.3, 0.4) is 0 Å². The van der Waals surface area contributed by atoms with Crippen LogP contribution < -0.4 is 19.7 Å². The summed E-state index contributed by atoms with van der Waals surface area (Å²) in [6, 6.07) is 11.4. The van der Waals surface area contributed by atoms with Gasteiger partial charge in [0.2, 0.25) is 11.8 Å². The van der Waals surface area contributed by atoms with Crippen LogP contribution in [0.2, 0.25) is 0 Å². The first-order valence-corrected chi connectivity index (χ1v) is 9.96. The standard InChI is InChI=1S/C23H28N2O4/c1-5-15-8-7-9-16(6-2)22(15)24-23(27)17-12-21(26)25(14-17)19-13-18(28-3)10-11-20(19)29-4/h7-11,13,17H,5-6,12,14H2,1-4H3,(H,24,27)/t17-/m0/s1. The van der Waals surface area contributed by atoms with Crippen molar-refractivity contribution in [3.8, 4) is 11.5 Å². The third-order valence-corrected chi connectivity index (χ3v) is 5.42. The van der Waals surface area contributed by atoms with Gasteiger partial charge in [0.15, 0.2) is 0 Å². The van der Waals surface area contributed by atoms with E-state index in [9.17, 15) is 9.59 Å². The Kier molecular flexibility index (Phi) is 6.42. The Morgan fingerprint density at radius 1 is 1.10 bits per heavy atom. The molecule has 0 bridgehead atoms. The lowest BCUT2D eigenvalue weighted by atomic mass is 10.0. The monoisotopic (exact) mass is 396 g/mol. The van der Waals surface area contributed by atoms with Crippen LogP contribution in [-0.4, -0.2) is 32.6 Å². The summed E-state index contributed by atoms with van der Waals surface area (Å²) < 4.78 is 10.7. The van der Waals surface area contributed by atoms with E-state index in [-0.39, 0.29) is 18.2 Å². The normalized spacial score (nSPS) is 16.1. The first-order chi connectivity index (χ1) is 14.0. The van der Waals surface area contributed by atoms with Crippen molar-refractivity contribution in [3.63, 3.8) is 0 Å². The Bertz CT molecular complexity index is 887. The molecule has 0 unspecified atom stereocenters. The molecule has 1 aliphatic heterocycles. The fourth-order valence-corrected chi connectivity index (χ4v) is 3.75. The summed E-state index contributed by atoms with van der Waals surface area (Å²) in [5.74, 6) is 0.554. The van der Waals surface area contributed by atoms with E-state index < -0.39 is 5.92 Å². The molecule has 6 nitrogen and oxygen atoms in total. The maximum Gasteiger partial charge on any atom is 0.229 e. The van der Waals surface area contributed by atoms with Gasteiger partial charge in [-0.2, -0.15) is 0 Å². The van der Waals surface area contributed by atoms with Crippen LogP contribution in [0.1, 0.15) is 31.4 Å². The number of anilines is 2. The molecule has 0 saturated carbocycles. The second-order valence-electron chi connectivity index (χ2n) is 7.09. The third-order valence-electron chi connectivity index (χ3n) is 5.42. The molecule has 0 spiro atoms. The minimum absolute atomic E-state index is 0.101. The number of nitrogens with zero attached hydrogens (tertiary/aromatic N) is 1. The summed E-state index contributed by atoms with van der Waals surface area (Å²) in [6.07, 6.45) is 1.84. The van der Waals surface area contributed by atoms with Gasteiger partial charge in [0.1, 0.15) is 11.5 Å². The first kappa shape index (κ1) is 20.7. The van der Waals surface area contributed by atoms with Crippen LogP contribution in [-0.2, 0) is 22.4 Å². The Labute approximate surface area is 171 Å². The SMILES string of the molecule is CCc1cccc(CC)c1NC(=O)[C@H]1CC(=O)N(c2cc(OC)ccc2OC)C1. The number of nitrogens with one attached hydrogen (secondary N) is 1. The van der Waals surface area contributed by atoms with E-state index in [0.717, 1.165) is 29.7 Å². The predicted molar refractivity (Wildman–Crippen MR) is 114 cm³/mol. The van der Waals surface area contributed by atoms with Crippen molar-refractivity contribution in [2.24, 2.45) is 5.92 Å². The molecule has 1 heterocycles. The molecule has 3 rings (SSSR count). The molecule has 0 aromatic heterocycles. The molecule has 2 amide bonds. The van der Waals surface area contributed by atoms with Crippen LogP contribution in [0.15, 0.2) is 36.4 Å². The zero-order valence-corrected chi connectivity index (χ0v) is 17.5. The number of methoxy groups -OCH3 is 2. The molecule has 1 aliphatic rings. The summed E-state index contributed by atoms with van der Waals surface area (Å²) in [4.78, 5) is 27.3. The second-order valence-corrected chi connectivity index (χ2v) is 7.09. The lowest BCUT2D eigenvalue weighted by Gasteiger charge is -2.21. The number of benzene rings is 2. The minimum Gasteiger partial charge on any atom is -0.497 e. The predicted octanol–water partition coefficient (Wildman–Crippen LogP) is 3.82. The quantitative estimate of drug-likeness (QED) is 0.773. The molecular formula is C23H28N2O4. The van der Waals surface area contributed by atoms with Crippen LogP contribution in [0.4, 0.5) is 11.4 Å². The molecule has 2 aromatic rings. The highest BCUT2D eigenvalue weighted by Crippen LogP contribution is 2.36. The fraction of sp³-hybridized carbons (Fsp3) is 0.391. The zero-order valence-electron chi connectivity index (χ0n) is 17.5. The lowest BCUT2D eigenvalue weighted by Crippen LogP contribution is -2.29. The Hall–Kier alpha value is -3.02. The third kappa shape index (κ3) is 4.21. The molecule has 29 heavy (non-hydrogen) atoms. The van der Waals surface area contributed by atoms with Gasteiger partial charge in [-0.25, -0.2) is 0 Å². The van der Waals surface area contributed by atoms with E-state index in [1.165, 1.54) is 0 Å². The summed E-state index contributed by atoms with van der Waals surface area (Å²) in [5, 5.41) is 3.09. The molecule has 6 heteroatoms. The largest absolute Gasteiger partial charge is 0.497 e. The number of hydrogen-bond acceptors (Lipinski definition) is 4. The topological polar surface area (TPSA) is 67.9 Å². The summed E-state index contributed by atoms with van der Waals surface area (Å²) in [6.45, 7) is 4.45. The summed E-state index contributed by atoms with van der Waals surface area (Å²) in [5.41, 5.74) is 3.71. The molecular weight excluding hydrogens is 368 g/mol. The molecule has 154 valence electrons. The van der Waals surface area contributed by atoms with Crippen molar-refractivity contribution in [3.05, 3.63) is 47.5 Å². The van der Waals surface area contributed by atoms with Gasteiger partial charge in [0.05, 0.1) is 25.8 Å². The Balaban J connectivity index is 1.82. The van der Waals surface area contributed by atoms with Gasteiger partial charge in [0, 0.05) is 24.7 Å². The van der Waals surface area contributed by atoms with Gasteiger partial charge >= 0.3 is 0 Å². The van der Waals surface area contributed by atoms with Crippen LogP contribution in [0, 0.1) is 5.92 Å². The second kappa shape index (κ2) is 8.99. The Morgan fingerprint density at radius 2 is 1.79 bits per heavy atom. The molecule has 1 saturated heterocycles. The number of hydrogen-bond donors (Lipinski definition) is 1. The maximum atomic E-state index is 13.0. The smallest absolute Gasteiger partial charge is 0.229 e. The van der Waals surface area contributed by atoms with E-state index in [4.69, 9.17) is 9.47 Å². The fourth-order valence-electron chi connectivity index (χ4n) is 3.75. The molecule has 1 N–H and O–H groups in total. The van der Waals surface area contributed by atoms with Crippen LogP contribution in [0.5, 0.6) is 11.5 Å². The zero-order chi connectivity index (χ0) is 21.0. The minimum atomic E-state index is -0.423. The van der Waals surface area contributed by atoms with E-state index in [2.05, 4.69) is 19.2 Å². The van der Waals surface area contributed by atoms with Gasteiger partial charge < -0.3 is 19.7 Å². The van der Waals surface area contributed by atoms with Crippen LogP contribution in [0.25, 0.3) is 0 Å². The number of carbonyl (C=O) groups is 2. The number of rotatable bonds is 7. The maximum absolute atomic E-state index is 13.0. The number of para-hydroxylation sites is 1. The van der Waals surface area contributed by atoms with Gasteiger partial charge in [0.25, 0.3) is 0 Å². The molecule has 0 radical (unpaired) electrons. The average Bonchev–Trinajstić information content (AvgIpc) is 3.14. The summed E-state index contributed by atoms with van der Waals surface area (Å²) >= 11 is 0. The van der Waals surface area contributed by atoms with Crippen molar-refractivity contribution in [1.29, 1.82) is 0 Å². The number of carbonyl (C=O) groups excluding carboxylic acids is 2. The van der Waals surface area contributed by atoms with Crippen molar-refractivity contribution in [1.82, 2.24) is 0 Å². The average molecular weight is 396 g/mol. The summed E-state index contributed by atoms with van der Waals surface area (Å²) in [7, 11) is 3.13. The molecule has 1 atom stereocenters. The van der Waals surface area contributed by atoms with Crippen molar-refractivity contribution in [2.45, 2.75) is 33.1 Å². The van der Waals surface area contributed by atoms with E-state index in [1.54, 1.807) is 37.3 Å². The molecule has 0 aliphatic carbocycles. The highest BCUT2D eigenvalue weighted by molar-refractivity contribution is 6.04. The van der Waals surface area contributed by atoms with E-state index in [0.29, 0.717) is 23.7 Å². The molecule has 2 aromatic carbocycles. The number of ether oxygens (including phenoxy) is 2. The molecule has 1 fully saturated rings. The number of aryl methyl sites for hydroxylation is 2. The van der Waals surface area contributed by atoms with E-state index >= 15 is 0 Å². The van der Waals surface area contributed by atoms with Crippen molar-refractivity contribution in [2.75, 3.05) is 31.0 Å².